The smallest absolute Gasteiger partial charge is 0.292 e. The zero-order valence-corrected chi connectivity index (χ0v) is 19.1. The molecular weight excluding hydrogens is 426 g/mol. The summed E-state index contributed by atoms with van der Waals surface area (Å²) in [6.07, 6.45) is 9.25. The minimum absolute atomic E-state index is 0.111. The van der Waals surface area contributed by atoms with Crippen LogP contribution in [0.15, 0.2) is 29.4 Å². The third-order valence-electron chi connectivity index (χ3n) is 7.52. The van der Waals surface area contributed by atoms with Crippen LogP contribution in [0.4, 0.5) is 11.4 Å². The summed E-state index contributed by atoms with van der Waals surface area (Å²) in [4.78, 5) is 23.1. The number of nitro groups is 1. The quantitative estimate of drug-likeness (QED) is 0.352. The van der Waals surface area contributed by atoms with Gasteiger partial charge in [-0.25, -0.2) is 0 Å². The molecule has 0 unspecified atom stereocenters. The van der Waals surface area contributed by atoms with E-state index in [0.29, 0.717) is 5.41 Å². The lowest BCUT2D eigenvalue weighted by Gasteiger charge is -2.56. The highest BCUT2D eigenvalue weighted by Crippen LogP contribution is 2.61. The molecule has 6 rings (SSSR count). The van der Waals surface area contributed by atoms with Gasteiger partial charge in [-0.3, -0.25) is 14.9 Å². The second-order valence-corrected chi connectivity index (χ2v) is 10.8. The highest BCUT2D eigenvalue weighted by Gasteiger charge is 2.51. The Balaban J connectivity index is 1.24. The predicted molar refractivity (Wildman–Crippen MR) is 122 cm³/mol. The first-order valence-corrected chi connectivity index (χ1v) is 12.5. The Morgan fingerprint density at radius 3 is 2.47 bits per heavy atom. The van der Waals surface area contributed by atoms with Gasteiger partial charge in [-0.2, -0.15) is 0 Å². The SMILES string of the molecule is CCn1c(CC23CC4CC(CC(C4)C2)C3)nnc1SCC(=O)Nc1ccccc1[N+](=O)[O-]. The molecule has 9 heteroatoms. The largest absolute Gasteiger partial charge is 0.320 e. The molecule has 0 saturated heterocycles. The number of aromatic nitrogens is 3. The number of nitrogens with zero attached hydrogens (tertiary/aromatic N) is 4. The van der Waals surface area contributed by atoms with Crippen molar-refractivity contribution < 1.29 is 9.72 Å². The van der Waals surface area contributed by atoms with Crippen LogP contribution in [0.25, 0.3) is 0 Å². The van der Waals surface area contributed by atoms with E-state index in [9.17, 15) is 14.9 Å². The Labute approximate surface area is 191 Å². The minimum atomic E-state index is -0.493. The second kappa shape index (κ2) is 8.50. The van der Waals surface area contributed by atoms with Crippen LogP contribution >= 0.6 is 11.8 Å². The molecule has 1 aromatic heterocycles. The number of thioether (sulfide) groups is 1. The van der Waals surface area contributed by atoms with Gasteiger partial charge in [0.1, 0.15) is 11.5 Å². The van der Waals surface area contributed by atoms with Crippen molar-refractivity contribution in [3.8, 4) is 0 Å². The maximum atomic E-state index is 12.5. The Bertz CT molecular complexity index is 1000. The number of anilines is 1. The predicted octanol–water partition coefficient (Wildman–Crippen LogP) is 4.70. The number of hydrogen-bond acceptors (Lipinski definition) is 6. The van der Waals surface area contributed by atoms with Gasteiger partial charge in [0, 0.05) is 19.0 Å². The van der Waals surface area contributed by atoms with Gasteiger partial charge in [0.2, 0.25) is 5.91 Å². The topological polar surface area (TPSA) is 103 Å². The van der Waals surface area contributed by atoms with Crippen LogP contribution in [0.2, 0.25) is 0 Å². The molecule has 1 aromatic carbocycles. The van der Waals surface area contributed by atoms with Crippen molar-refractivity contribution in [1.29, 1.82) is 0 Å². The lowest BCUT2D eigenvalue weighted by molar-refractivity contribution is -0.383. The van der Waals surface area contributed by atoms with Gasteiger partial charge >= 0.3 is 0 Å². The third kappa shape index (κ3) is 4.14. The van der Waals surface area contributed by atoms with Gasteiger partial charge in [-0.15, -0.1) is 10.2 Å². The molecule has 4 aliphatic rings. The van der Waals surface area contributed by atoms with Crippen molar-refractivity contribution in [2.24, 2.45) is 23.2 Å². The van der Waals surface area contributed by atoms with Crippen LogP contribution in [-0.4, -0.2) is 31.3 Å². The summed E-state index contributed by atoms with van der Waals surface area (Å²) in [5, 5.41) is 23.5. The number of carbonyl (C=O) groups is 1. The monoisotopic (exact) mass is 455 g/mol. The van der Waals surface area contributed by atoms with E-state index >= 15 is 0 Å². The van der Waals surface area contributed by atoms with Crippen molar-refractivity contribution in [2.45, 2.75) is 63.6 Å². The van der Waals surface area contributed by atoms with Crippen LogP contribution < -0.4 is 5.32 Å². The number of nitro benzene ring substituents is 1. The van der Waals surface area contributed by atoms with E-state index in [1.54, 1.807) is 18.2 Å². The summed E-state index contributed by atoms with van der Waals surface area (Å²) in [6.45, 7) is 2.85. The first-order valence-electron chi connectivity index (χ1n) is 11.5. The lowest BCUT2D eigenvalue weighted by Crippen LogP contribution is -2.47. The van der Waals surface area contributed by atoms with E-state index in [4.69, 9.17) is 0 Å². The van der Waals surface area contributed by atoms with E-state index in [1.807, 2.05) is 0 Å². The molecule has 0 spiro atoms. The van der Waals surface area contributed by atoms with Crippen LogP contribution in [0.5, 0.6) is 0 Å². The van der Waals surface area contributed by atoms with E-state index in [-0.39, 0.29) is 23.0 Å². The van der Waals surface area contributed by atoms with Gasteiger partial charge in [0.15, 0.2) is 5.16 Å². The number of carbonyl (C=O) groups excluding carboxylic acids is 1. The summed E-state index contributed by atoms with van der Waals surface area (Å²) >= 11 is 1.33. The highest BCUT2D eigenvalue weighted by atomic mass is 32.2. The summed E-state index contributed by atoms with van der Waals surface area (Å²) < 4.78 is 2.14. The molecule has 0 atom stereocenters. The molecule has 4 fully saturated rings. The van der Waals surface area contributed by atoms with Crippen molar-refractivity contribution in [2.75, 3.05) is 11.1 Å². The second-order valence-electron chi connectivity index (χ2n) is 9.85. The third-order valence-corrected chi connectivity index (χ3v) is 8.48. The van der Waals surface area contributed by atoms with Crippen LogP contribution in [0, 0.1) is 33.3 Å². The molecule has 1 heterocycles. The Morgan fingerprint density at radius 2 is 1.84 bits per heavy atom. The average molecular weight is 456 g/mol. The standard InChI is InChI=1S/C23H29N5O3S/c1-2-27-20(13-23-10-15-7-16(11-23)9-17(8-15)12-23)25-26-22(27)32-14-21(29)24-18-5-3-4-6-19(18)28(30)31/h3-6,15-17H,2,7-14H2,1H3,(H,24,29). The zero-order chi connectivity index (χ0) is 22.3. The summed E-state index contributed by atoms with van der Waals surface area (Å²) in [6, 6.07) is 6.17. The van der Waals surface area contributed by atoms with Crippen LogP contribution in [-0.2, 0) is 17.8 Å². The van der Waals surface area contributed by atoms with Gasteiger partial charge in [0.05, 0.1) is 10.7 Å². The van der Waals surface area contributed by atoms with E-state index in [2.05, 4.69) is 27.0 Å². The molecule has 32 heavy (non-hydrogen) atoms. The molecule has 0 radical (unpaired) electrons. The Morgan fingerprint density at radius 1 is 1.19 bits per heavy atom. The van der Waals surface area contributed by atoms with Crippen molar-refractivity contribution in [3.63, 3.8) is 0 Å². The van der Waals surface area contributed by atoms with E-state index in [1.165, 1.54) is 56.4 Å². The summed E-state index contributed by atoms with van der Waals surface area (Å²) in [5.41, 5.74) is 0.489. The highest BCUT2D eigenvalue weighted by molar-refractivity contribution is 7.99. The molecular formula is C23H29N5O3S. The first kappa shape index (κ1) is 21.4. The number of amides is 1. The molecule has 2 aromatic rings. The van der Waals surface area contributed by atoms with Crippen molar-refractivity contribution in [3.05, 3.63) is 40.2 Å². The van der Waals surface area contributed by atoms with Crippen molar-refractivity contribution in [1.82, 2.24) is 14.8 Å². The molecule has 0 aliphatic heterocycles. The molecule has 4 saturated carbocycles. The summed E-state index contributed by atoms with van der Waals surface area (Å²) in [7, 11) is 0. The average Bonchev–Trinajstić information content (AvgIpc) is 3.12. The summed E-state index contributed by atoms with van der Waals surface area (Å²) in [5.74, 6) is 3.58. The molecule has 170 valence electrons. The maximum absolute atomic E-state index is 12.5. The maximum Gasteiger partial charge on any atom is 0.292 e. The van der Waals surface area contributed by atoms with E-state index < -0.39 is 4.92 Å². The first-order chi connectivity index (χ1) is 15.4. The van der Waals surface area contributed by atoms with Crippen LogP contribution in [0.3, 0.4) is 0 Å². The molecule has 1 amide bonds. The van der Waals surface area contributed by atoms with Gasteiger partial charge in [0.25, 0.3) is 5.69 Å². The minimum Gasteiger partial charge on any atom is -0.320 e. The number of rotatable bonds is 8. The lowest BCUT2D eigenvalue weighted by atomic mass is 9.49. The molecule has 8 nitrogen and oxygen atoms in total. The molecule has 4 bridgehead atoms. The van der Waals surface area contributed by atoms with Crippen LogP contribution in [0.1, 0.15) is 51.3 Å². The number of para-hydroxylation sites is 2. The normalized spacial score (nSPS) is 28.1. The number of hydrogen-bond donors (Lipinski definition) is 1. The van der Waals surface area contributed by atoms with Gasteiger partial charge < -0.3 is 9.88 Å². The van der Waals surface area contributed by atoms with E-state index in [0.717, 1.165) is 41.7 Å². The van der Waals surface area contributed by atoms with Crippen molar-refractivity contribution >= 4 is 29.0 Å². The Kier molecular flexibility index (Phi) is 5.69. The fraction of sp³-hybridized carbons (Fsp3) is 0.609. The van der Waals surface area contributed by atoms with Gasteiger partial charge in [-0.05, 0) is 74.7 Å². The fourth-order valence-corrected chi connectivity index (χ4v) is 7.59. The number of nitrogens with one attached hydrogen (secondary N) is 1. The zero-order valence-electron chi connectivity index (χ0n) is 18.3. The molecule has 4 aliphatic carbocycles. The van der Waals surface area contributed by atoms with Gasteiger partial charge in [-0.1, -0.05) is 23.9 Å². The molecule has 1 N–H and O–H groups in total. The Hall–Kier alpha value is -2.42. The fourth-order valence-electron chi connectivity index (χ4n) is 6.77. The number of benzene rings is 1.